The van der Waals surface area contributed by atoms with Gasteiger partial charge in [0.25, 0.3) is 5.72 Å². The van der Waals surface area contributed by atoms with Crippen LogP contribution in [0.4, 0.5) is 11.4 Å². The lowest BCUT2D eigenvalue weighted by atomic mass is 10.0. The number of carbonyl (C=O) groups is 1. The summed E-state index contributed by atoms with van der Waals surface area (Å²) in [6.45, 7) is -0.0316. The standard InChI is InChI=1S/C18H16N4O4/c23-14-11-25-18(22-20-13-9-5-2-6-10-13)15(17(24)26-16(14)18)21-19-12-7-3-1-4-8-12/h1-10,14,16,19,23H,11H2/b21-15+,22-20?/t14-,16+,18+/m0/s1. The fourth-order valence-electron chi connectivity index (χ4n) is 2.84. The van der Waals surface area contributed by atoms with Crippen LogP contribution in [0.3, 0.4) is 0 Å². The highest BCUT2D eigenvalue weighted by Crippen LogP contribution is 2.39. The van der Waals surface area contributed by atoms with E-state index in [0.29, 0.717) is 11.4 Å². The molecule has 0 aromatic heterocycles. The molecule has 2 aromatic rings. The Bertz CT molecular complexity index is 856. The number of nitrogens with one attached hydrogen (secondary N) is 1. The first-order valence-electron chi connectivity index (χ1n) is 8.09. The number of carbonyl (C=O) groups excluding carboxylic acids is 1. The first-order chi connectivity index (χ1) is 12.7. The summed E-state index contributed by atoms with van der Waals surface area (Å²) in [4.78, 5) is 12.3. The van der Waals surface area contributed by atoms with Gasteiger partial charge >= 0.3 is 5.97 Å². The van der Waals surface area contributed by atoms with Crippen molar-refractivity contribution < 1.29 is 19.4 Å². The van der Waals surface area contributed by atoms with Crippen molar-refractivity contribution in [3.05, 3.63) is 60.7 Å². The summed E-state index contributed by atoms with van der Waals surface area (Å²) in [5.41, 5.74) is 2.40. The molecule has 2 N–H and O–H groups in total. The lowest BCUT2D eigenvalue weighted by Crippen LogP contribution is -2.43. The number of aliphatic hydroxyl groups excluding tert-OH is 1. The summed E-state index contributed by atoms with van der Waals surface area (Å²) in [5.74, 6) is -0.704. The number of esters is 1. The zero-order valence-electron chi connectivity index (χ0n) is 13.6. The molecule has 4 rings (SSSR count). The minimum Gasteiger partial charge on any atom is -0.449 e. The minimum atomic E-state index is -1.58. The predicted molar refractivity (Wildman–Crippen MR) is 93.0 cm³/mol. The fourth-order valence-corrected chi connectivity index (χ4v) is 2.84. The summed E-state index contributed by atoms with van der Waals surface area (Å²) in [6, 6.07) is 18.1. The molecule has 2 aliphatic rings. The Morgan fingerprint density at radius 1 is 1.08 bits per heavy atom. The number of hydrogen-bond donors (Lipinski definition) is 2. The summed E-state index contributed by atoms with van der Waals surface area (Å²) in [7, 11) is 0. The van der Waals surface area contributed by atoms with Gasteiger partial charge in [0.05, 0.1) is 18.0 Å². The van der Waals surface area contributed by atoms with Gasteiger partial charge in [-0.25, -0.2) is 4.79 Å². The van der Waals surface area contributed by atoms with Gasteiger partial charge in [-0.1, -0.05) is 36.4 Å². The summed E-state index contributed by atoms with van der Waals surface area (Å²) in [5, 5.41) is 22.6. The number of nitrogens with zero attached hydrogens (tertiary/aromatic N) is 3. The van der Waals surface area contributed by atoms with Gasteiger partial charge in [0.15, 0.2) is 6.10 Å². The van der Waals surface area contributed by atoms with Gasteiger partial charge in [-0.05, 0) is 24.3 Å². The largest absolute Gasteiger partial charge is 0.449 e. The van der Waals surface area contributed by atoms with Gasteiger partial charge in [0.2, 0.25) is 5.71 Å². The van der Waals surface area contributed by atoms with Crippen molar-refractivity contribution in [1.82, 2.24) is 0 Å². The molecule has 0 radical (unpaired) electrons. The average molecular weight is 352 g/mol. The van der Waals surface area contributed by atoms with Crippen LogP contribution < -0.4 is 5.43 Å². The number of rotatable bonds is 4. The van der Waals surface area contributed by atoms with Gasteiger partial charge in [-0.3, -0.25) is 5.43 Å². The van der Waals surface area contributed by atoms with E-state index in [2.05, 4.69) is 20.8 Å². The molecule has 2 aliphatic heterocycles. The van der Waals surface area contributed by atoms with Crippen molar-refractivity contribution in [2.45, 2.75) is 17.9 Å². The maximum Gasteiger partial charge on any atom is 0.360 e. The second-order valence-electron chi connectivity index (χ2n) is 5.87. The SMILES string of the molecule is O=C1O[C@@H]2[C@@H](O)CO[C@]2(N=Nc2ccccc2)/C1=N/Nc1ccccc1. The number of azo groups is 1. The Morgan fingerprint density at radius 2 is 1.77 bits per heavy atom. The topological polar surface area (TPSA) is 105 Å². The maximum atomic E-state index is 12.3. The first kappa shape index (κ1) is 16.4. The van der Waals surface area contributed by atoms with Crippen LogP contribution in [0.15, 0.2) is 76.0 Å². The van der Waals surface area contributed by atoms with Gasteiger partial charge in [-0.2, -0.15) is 10.2 Å². The third-order valence-corrected chi connectivity index (χ3v) is 4.12. The number of benzene rings is 2. The highest BCUT2D eigenvalue weighted by atomic mass is 16.6. The molecule has 3 atom stereocenters. The third kappa shape index (κ3) is 2.85. The molecule has 0 spiro atoms. The average Bonchev–Trinajstić information content (AvgIpc) is 3.13. The van der Waals surface area contributed by atoms with E-state index in [9.17, 15) is 9.90 Å². The van der Waals surface area contributed by atoms with Crippen LogP contribution in [0.2, 0.25) is 0 Å². The van der Waals surface area contributed by atoms with Crippen LogP contribution in [-0.2, 0) is 14.3 Å². The Labute approximate surface area is 149 Å². The van der Waals surface area contributed by atoms with Crippen LogP contribution >= 0.6 is 0 Å². The number of anilines is 1. The van der Waals surface area contributed by atoms with Crippen molar-refractivity contribution in [3.63, 3.8) is 0 Å². The van der Waals surface area contributed by atoms with Crippen LogP contribution in [0.5, 0.6) is 0 Å². The van der Waals surface area contributed by atoms with Crippen molar-refractivity contribution >= 4 is 23.1 Å². The molecule has 0 unspecified atom stereocenters. The predicted octanol–water partition coefficient (Wildman–Crippen LogP) is 2.25. The van der Waals surface area contributed by atoms with Crippen molar-refractivity contribution in [2.75, 3.05) is 12.0 Å². The highest BCUT2D eigenvalue weighted by Gasteiger charge is 2.64. The molecule has 26 heavy (non-hydrogen) atoms. The molecule has 2 fully saturated rings. The van der Waals surface area contributed by atoms with Crippen molar-refractivity contribution in [3.8, 4) is 0 Å². The molecular formula is C18H16N4O4. The van der Waals surface area contributed by atoms with Crippen molar-refractivity contribution in [2.24, 2.45) is 15.3 Å². The molecule has 0 aliphatic carbocycles. The van der Waals surface area contributed by atoms with Gasteiger partial charge in [0.1, 0.15) is 6.10 Å². The van der Waals surface area contributed by atoms with Crippen molar-refractivity contribution in [1.29, 1.82) is 0 Å². The lowest BCUT2D eigenvalue weighted by Gasteiger charge is -2.19. The zero-order chi connectivity index (χ0) is 18.0. The van der Waals surface area contributed by atoms with Crippen LogP contribution in [0, 0.1) is 0 Å². The molecule has 0 bridgehead atoms. The van der Waals surface area contributed by atoms with E-state index in [1.807, 2.05) is 36.4 Å². The second kappa shape index (κ2) is 6.66. The van der Waals surface area contributed by atoms with E-state index in [4.69, 9.17) is 9.47 Å². The molecule has 2 aromatic carbocycles. The quantitative estimate of drug-likeness (QED) is 0.499. The van der Waals surface area contributed by atoms with E-state index in [1.54, 1.807) is 24.3 Å². The van der Waals surface area contributed by atoms with E-state index in [1.165, 1.54) is 0 Å². The van der Waals surface area contributed by atoms with E-state index < -0.39 is 23.9 Å². The highest BCUT2D eigenvalue weighted by molar-refractivity contribution is 6.42. The summed E-state index contributed by atoms with van der Waals surface area (Å²) in [6.07, 6.45) is -1.99. The molecule has 132 valence electrons. The first-order valence-corrected chi connectivity index (χ1v) is 8.09. The zero-order valence-corrected chi connectivity index (χ0v) is 13.6. The Hall–Kier alpha value is -3.10. The summed E-state index contributed by atoms with van der Waals surface area (Å²) >= 11 is 0. The number of fused-ring (bicyclic) bond motifs is 1. The van der Waals surface area contributed by atoms with Crippen LogP contribution in [0.1, 0.15) is 0 Å². The molecule has 2 saturated heterocycles. The van der Waals surface area contributed by atoms with Gasteiger partial charge < -0.3 is 14.6 Å². The monoisotopic (exact) mass is 352 g/mol. The second-order valence-corrected chi connectivity index (χ2v) is 5.87. The fraction of sp³-hybridized carbons (Fsp3) is 0.222. The van der Waals surface area contributed by atoms with E-state index in [-0.39, 0.29) is 12.3 Å². The molecule has 2 heterocycles. The number of aliphatic hydroxyl groups is 1. The number of hydrogen-bond acceptors (Lipinski definition) is 8. The summed E-state index contributed by atoms with van der Waals surface area (Å²) < 4.78 is 10.9. The number of hydrazone groups is 1. The normalized spacial score (nSPS) is 29.1. The Morgan fingerprint density at radius 3 is 2.50 bits per heavy atom. The molecule has 8 nitrogen and oxygen atoms in total. The lowest BCUT2D eigenvalue weighted by molar-refractivity contribution is -0.141. The third-order valence-electron chi connectivity index (χ3n) is 4.12. The van der Waals surface area contributed by atoms with E-state index >= 15 is 0 Å². The maximum absolute atomic E-state index is 12.3. The molecule has 0 saturated carbocycles. The Balaban J connectivity index is 1.69. The smallest absolute Gasteiger partial charge is 0.360 e. The molecule has 8 heteroatoms. The van der Waals surface area contributed by atoms with Gasteiger partial charge in [-0.15, -0.1) is 5.11 Å². The van der Waals surface area contributed by atoms with Crippen LogP contribution in [-0.4, -0.2) is 41.3 Å². The van der Waals surface area contributed by atoms with Gasteiger partial charge in [0, 0.05) is 0 Å². The number of ether oxygens (including phenoxy) is 2. The van der Waals surface area contributed by atoms with E-state index in [0.717, 1.165) is 0 Å². The minimum absolute atomic E-state index is 0.0316. The van der Waals surface area contributed by atoms with Crippen LogP contribution in [0.25, 0.3) is 0 Å². The number of para-hydroxylation sites is 1. The molecule has 0 amide bonds. The Kier molecular flexibility index (Phi) is 4.19. The molecular weight excluding hydrogens is 336 g/mol.